The van der Waals surface area contributed by atoms with Gasteiger partial charge in [-0.1, -0.05) is 72.3 Å². The maximum absolute atomic E-state index is 12.4. The van der Waals surface area contributed by atoms with Crippen molar-refractivity contribution in [3.63, 3.8) is 0 Å². The van der Waals surface area contributed by atoms with E-state index in [2.05, 4.69) is 64.8 Å². The molecule has 0 saturated carbocycles. The predicted molar refractivity (Wildman–Crippen MR) is 181 cm³/mol. The number of azide groups is 2. The third-order valence-electron chi connectivity index (χ3n) is 5.24. The molecule has 0 spiro atoms. The van der Waals surface area contributed by atoms with E-state index < -0.39 is 18.1 Å². The fourth-order valence-electron chi connectivity index (χ4n) is 3.30. The van der Waals surface area contributed by atoms with Gasteiger partial charge in [0.15, 0.2) is 6.04 Å². The standard InChI is InChI=1S/C17H17N3O2.C9H9N3O3.CH4.S3.S2/c1-22-15-10-8-14(9-11-15)17(19-20-18)16(21)12-7-13-5-3-2-4-6-13;1-15-7-4-2-6(3-5-7)8(9(13)14)11-12-10;;1-3-2;1-2/h2-6,8-11,17H,7,12H2,1H3;2-5,8H,1H3,(H,13,14);1H4;;. The number of aliphatic carboxylic acids is 1. The monoisotopic (exact) mass is 678 g/mol. The zero-order chi connectivity index (χ0) is 31.8. The number of carbonyl (C=O) groups excluding carboxylic acids is 1. The van der Waals surface area contributed by atoms with E-state index in [4.69, 9.17) is 25.6 Å². The number of carboxylic acids is 1. The topological polar surface area (TPSA) is 170 Å². The van der Waals surface area contributed by atoms with Crippen LogP contribution in [0.15, 0.2) is 89.1 Å². The van der Waals surface area contributed by atoms with Crippen molar-refractivity contribution in [2.24, 2.45) is 10.2 Å². The number of Topliss-reactive ketones (excluding diaryl/α,β-unsaturated/α-hetero) is 1. The molecule has 0 radical (unpaired) electrons. The number of methoxy groups -OCH3 is 2. The summed E-state index contributed by atoms with van der Waals surface area (Å²) in [6.07, 6.45) is 0.965. The van der Waals surface area contributed by atoms with Crippen LogP contribution in [-0.4, -0.2) is 31.1 Å². The molecule has 0 aromatic heterocycles. The van der Waals surface area contributed by atoms with Crippen molar-refractivity contribution in [3.8, 4) is 11.5 Å². The molecule has 228 valence electrons. The Balaban J connectivity index is 0. The predicted octanol–water partition coefficient (Wildman–Crippen LogP) is 7.00. The molecule has 0 aliphatic heterocycles. The lowest BCUT2D eigenvalue weighted by atomic mass is 9.98. The van der Waals surface area contributed by atoms with Crippen LogP contribution in [0, 0.1) is 0 Å². The Morgan fingerprint density at radius 2 is 1.21 bits per heavy atom. The normalized spacial score (nSPS) is 10.1. The van der Waals surface area contributed by atoms with Crippen LogP contribution >= 0.6 is 0 Å². The number of hydrogen-bond acceptors (Lipinski definition) is 10. The Bertz CT molecular complexity index is 1380. The average Bonchev–Trinajstić information content (AvgIpc) is 3.03. The van der Waals surface area contributed by atoms with Crippen LogP contribution in [0.5, 0.6) is 11.5 Å². The van der Waals surface area contributed by atoms with Gasteiger partial charge in [0.25, 0.3) is 0 Å². The van der Waals surface area contributed by atoms with Crippen LogP contribution in [0.2, 0.25) is 0 Å². The second kappa shape index (κ2) is 25.8. The summed E-state index contributed by atoms with van der Waals surface area (Å²) in [6.45, 7) is 0. The third kappa shape index (κ3) is 16.4. The van der Waals surface area contributed by atoms with Crippen molar-refractivity contribution < 1.29 is 24.2 Å². The number of carboxylic acid groups (broad SMARTS) is 1. The van der Waals surface area contributed by atoms with Gasteiger partial charge < -0.3 is 14.6 Å². The Kier molecular flexibility index (Phi) is 24.8. The second-order valence-electron chi connectivity index (χ2n) is 7.62. The molecule has 0 saturated heterocycles. The first-order valence-electron chi connectivity index (χ1n) is 11.6. The van der Waals surface area contributed by atoms with Crippen molar-refractivity contribution in [2.45, 2.75) is 32.4 Å². The minimum atomic E-state index is -1.19. The minimum Gasteiger partial charge on any atom is -0.497 e. The molecule has 1 N–H and O–H groups in total. The van der Waals surface area contributed by atoms with Crippen LogP contribution in [0.3, 0.4) is 0 Å². The molecule has 0 bridgehead atoms. The first-order chi connectivity index (χ1) is 20.3. The molecule has 43 heavy (non-hydrogen) atoms. The summed E-state index contributed by atoms with van der Waals surface area (Å²) >= 11 is 15.6. The van der Waals surface area contributed by atoms with Crippen LogP contribution < -0.4 is 9.47 Å². The van der Waals surface area contributed by atoms with Gasteiger partial charge in [-0.2, -0.15) is 0 Å². The summed E-state index contributed by atoms with van der Waals surface area (Å²) in [6, 6.07) is 21.1. The number of rotatable bonds is 11. The van der Waals surface area contributed by atoms with Gasteiger partial charge in [-0.25, -0.2) is 0 Å². The van der Waals surface area contributed by atoms with Gasteiger partial charge in [0, 0.05) is 69.9 Å². The molecule has 0 fully saturated rings. The largest absolute Gasteiger partial charge is 0.497 e. The quantitative estimate of drug-likeness (QED) is 0.127. The highest BCUT2D eigenvalue weighted by Crippen LogP contribution is 2.24. The van der Waals surface area contributed by atoms with E-state index in [1.165, 1.54) is 7.11 Å². The molecular formula is C27H30N6O5S5. The molecule has 3 aromatic rings. The van der Waals surface area contributed by atoms with Crippen molar-refractivity contribution in [1.82, 2.24) is 0 Å². The van der Waals surface area contributed by atoms with Gasteiger partial charge in [0.1, 0.15) is 23.3 Å². The van der Waals surface area contributed by atoms with Gasteiger partial charge >= 0.3 is 5.97 Å². The number of carbonyl (C=O) groups is 2. The van der Waals surface area contributed by atoms with E-state index in [0.717, 1.165) is 14.4 Å². The molecule has 0 aliphatic carbocycles. The van der Waals surface area contributed by atoms with Crippen molar-refractivity contribution in [1.29, 1.82) is 0 Å². The maximum atomic E-state index is 12.4. The second-order valence-corrected chi connectivity index (χ2v) is 9.39. The summed E-state index contributed by atoms with van der Waals surface area (Å²) < 4.78 is 10.0. The number of ether oxygens (including phenoxy) is 2. The van der Waals surface area contributed by atoms with E-state index in [1.54, 1.807) is 55.6 Å². The molecule has 3 rings (SSSR count). The van der Waals surface area contributed by atoms with E-state index in [-0.39, 0.29) is 13.2 Å². The highest BCUT2D eigenvalue weighted by Gasteiger charge is 2.19. The van der Waals surface area contributed by atoms with Gasteiger partial charge in [-0.3, -0.25) is 9.59 Å². The molecule has 0 heterocycles. The summed E-state index contributed by atoms with van der Waals surface area (Å²) in [4.78, 5) is 28.4. The van der Waals surface area contributed by atoms with Gasteiger partial charge in [0.2, 0.25) is 0 Å². The number of aryl methyl sites for hydroxylation is 1. The summed E-state index contributed by atoms with van der Waals surface area (Å²) in [5, 5.41) is 15.6. The van der Waals surface area contributed by atoms with Crippen molar-refractivity contribution in [2.75, 3.05) is 14.2 Å². The van der Waals surface area contributed by atoms with E-state index in [1.807, 2.05) is 30.3 Å². The number of hydrogen-bond donors (Lipinski definition) is 1. The molecule has 2 unspecified atom stereocenters. The Labute approximate surface area is 273 Å². The molecule has 0 aliphatic rings. The minimum absolute atomic E-state index is 0. The first-order valence-corrected chi connectivity index (χ1v) is 15.6. The highest BCUT2D eigenvalue weighted by atomic mass is 33.1. The number of ketones is 1. The SMILES string of the molecule is C.COc1ccc(C(N=[N+]=[N-])C(=O)CCc2ccccc2)cc1.COc1ccc(C(N=[N+]=[N-])C(=O)O)cc1.S=S.S=S=S. The molecule has 16 heteroatoms. The lowest BCUT2D eigenvalue weighted by Gasteiger charge is -2.11. The summed E-state index contributed by atoms with van der Waals surface area (Å²) in [5.74, 6) is 0.0359. The summed E-state index contributed by atoms with van der Waals surface area (Å²) in [7, 11) is 4.00. The first kappa shape index (κ1) is 41.3. The smallest absolute Gasteiger partial charge is 0.316 e. The molecule has 3 aromatic carbocycles. The van der Waals surface area contributed by atoms with Crippen LogP contribution in [0.25, 0.3) is 20.9 Å². The van der Waals surface area contributed by atoms with Gasteiger partial charge in [0.05, 0.1) is 14.2 Å². The summed E-state index contributed by atoms with van der Waals surface area (Å²) in [5.41, 5.74) is 19.1. The zero-order valence-corrected chi connectivity index (χ0v) is 26.5. The lowest BCUT2D eigenvalue weighted by Crippen LogP contribution is -2.11. The Morgan fingerprint density at radius 3 is 1.58 bits per heavy atom. The van der Waals surface area contributed by atoms with Crippen molar-refractivity contribution in [3.05, 3.63) is 116 Å². The van der Waals surface area contributed by atoms with Crippen molar-refractivity contribution >= 4 is 65.4 Å². The molecule has 0 amide bonds. The molecule has 11 nitrogen and oxygen atoms in total. The maximum Gasteiger partial charge on any atom is 0.316 e. The fraction of sp³-hybridized carbons (Fsp3) is 0.259. The van der Waals surface area contributed by atoms with Crippen LogP contribution in [0.1, 0.15) is 42.6 Å². The Hall–Kier alpha value is -3.88. The van der Waals surface area contributed by atoms with Crippen LogP contribution in [0.4, 0.5) is 0 Å². The lowest BCUT2D eigenvalue weighted by molar-refractivity contribution is -0.138. The number of benzene rings is 3. The third-order valence-corrected chi connectivity index (χ3v) is 5.24. The van der Waals surface area contributed by atoms with Crippen LogP contribution in [-0.2, 0) is 69.6 Å². The van der Waals surface area contributed by atoms with Gasteiger partial charge in [-0.05, 0) is 58.4 Å². The Morgan fingerprint density at radius 1 is 0.814 bits per heavy atom. The fourth-order valence-corrected chi connectivity index (χ4v) is 3.30. The van der Waals surface area contributed by atoms with E-state index in [0.29, 0.717) is 35.5 Å². The molecular weight excluding hydrogens is 649 g/mol. The molecule has 2 atom stereocenters. The van der Waals surface area contributed by atoms with Gasteiger partial charge in [-0.15, -0.1) is 0 Å². The van der Waals surface area contributed by atoms with E-state index >= 15 is 0 Å². The highest BCUT2D eigenvalue weighted by molar-refractivity contribution is 8.37. The average molecular weight is 679 g/mol. The van der Waals surface area contributed by atoms with E-state index in [9.17, 15) is 9.59 Å². The zero-order valence-electron chi connectivity index (χ0n) is 22.4. The number of nitrogens with zero attached hydrogens (tertiary/aromatic N) is 6.